The van der Waals surface area contributed by atoms with Crippen molar-refractivity contribution in [3.63, 3.8) is 0 Å². The minimum Gasteiger partial charge on any atom is -0.261 e. The van der Waals surface area contributed by atoms with Gasteiger partial charge < -0.3 is 0 Å². The molecule has 0 saturated heterocycles. The molecule has 1 heteroatoms. The van der Waals surface area contributed by atoms with E-state index in [2.05, 4.69) is 17.1 Å². The van der Waals surface area contributed by atoms with Crippen LogP contribution in [0.25, 0.3) is 0 Å². The lowest BCUT2D eigenvalue weighted by Gasteiger charge is -2.11. The van der Waals surface area contributed by atoms with Crippen LogP contribution in [0.15, 0.2) is 18.3 Å². The van der Waals surface area contributed by atoms with E-state index in [0.29, 0.717) is 0 Å². The van der Waals surface area contributed by atoms with Crippen LogP contribution < -0.4 is 0 Å². The summed E-state index contributed by atoms with van der Waals surface area (Å²) in [6, 6.07) is 4.29. The number of aromatic nitrogens is 1. The van der Waals surface area contributed by atoms with Gasteiger partial charge in [-0.25, -0.2) is 0 Å². The Morgan fingerprint density at radius 2 is 1.71 bits per heavy atom. The second kappa shape index (κ2) is 6.58. The highest BCUT2D eigenvalue weighted by Crippen LogP contribution is 2.17. The minimum absolute atomic E-state index is 1.19. The third-order valence-electron chi connectivity index (χ3n) is 2.59. The van der Waals surface area contributed by atoms with Gasteiger partial charge in [0, 0.05) is 11.9 Å². The molecule has 1 nitrogen and oxygen atoms in total. The first kappa shape index (κ1) is 11.2. The zero-order valence-electron chi connectivity index (χ0n) is 9.42. The highest BCUT2D eigenvalue weighted by Gasteiger charge is 2.05. The van der Waals surface area contributed by atoms with Crippen molar-refractivity contribution in [3.05, 3.63) is 29.6 Å². The van der Waals surface area contributed by atoms with Gasteiger partial charge in [-0.3, -0.25) is 4.98 Å². The van der Waals surface area contributed by atoms with Gasteiger partial charge in [0.05, 0.1) is 0 Å². The fourth-order valence-electron chi connectivity index (χ4n) is 1.89. The van der Waals surface area contributed by atoms with Crippen molar-refractivity contribution in [2.24, 2.45) is 0 Å². The molecule has 1 aromatic heterocycles. The van der Waals surface area contributed by atoms with Crippen molar-refractivity contribution in [1.29, 1.82) is 0 Å². The van der Waals surface area contributed by atoms with Crippen molar-refractivity contribution < 1.29 is 0 Å². The molecule has 1 aromatic rings. The fourth-order valence-corrected chi connectivity index (χ4v) is 1.89. The first-order valence-corrected chi connectivity index (χ1v) is 5.89. The Kier molecular flexibility index (Phi) is 5.28. The molecule has 0 amide bonds. The lowest BCUT2D eigenvalue weighted by atomic mass is 9.97. The maximum Gasteiger partial charge on any atom is 0.0435 e. The smallest absolute Gasteiger partial charge is 0.0435 e. The number of nitrogens with zero attached hydrogens (tertiary/aromatic N) is 1. The van der Waals surface area contributed by atoms with Gasteiger partial charge in [-0.1, -0.05) is 32.8 Å². The molecule has 14 heavy (non-hydrogen) atoms. The summed E-state index contributed by atoms with van der Waals surface area (Å²) in [7, 11) is 0. The maximum absolute atomic E-state index is 4.42. The predicted octanol–water partition coefficient (Wildman–Crippen LogP) is 3.77. The molecule has 0 atom stereocenters. The average Bonchev–Trinajstić information content (AvgIpc) is 2.22. The van der Waals surface area contributed by atoms with Crippen molar-refractivity contribution in [1.82, 2.24) is 4.98 Å². The van der Waals surface area contributed by atoms with Gasteiger partial charge in [0.1, 0.15) is 0 Å². The third kappa shape index (κ3) is 3.13. The van der Waals surface area contributed by atoms with E-state index >= 15 is 0 Å². The molecule has 1 aliphatic carbocycles. The van der Waals surface area contributed by atoms with Crippen LogP contribution in [-0.4, -0.2) is 4.98 Å². The average molecular weight is 191 g/mol. The summed E-state index contributed by atoms with van der Waals surface area (Å²) in [6.07, 6.45) is 9.80. The second-order valence-corrected chi connectivity index (χ2v) is 3.52. The number of hydrogen-bond donors (Lipinski definition) is 0. The van der Waals surface area contributed by atoms with Crippen LogP contribution in [0.4, 0.5) is 0 Å². The topological polar surface area (TPSA) is 12.9 Å². The van der Waals surface area contributed by atoms with Crippen LogP contribution >= 0.6 is 0 Å². The molecule has 0 unspecified atom stereocenters. The monoisotopic (exact) mass is 191 g/mol. The van der Waals surface area contributed by atoms with Gasteiger partial charge in [-0.15, -0.1) is 0 Å². The normalized spacial score (nSPS) is 15.6. The SMILES string of the molecule is CC.c1cnc2c(c1)CCCCCC2. The molecule has 0 N–H and O–H groups in total. The van der Waals surface area contributed by atoms with Gasteiger partial charge in [0.15, 0.2) is 0 Å². The summed E-state index contributed by atoms with van der Waals surface area (Å²) in [5.41, 5.74) is 2.83. The molecule has 0 spiro atoms. The zero-order chi connectivity index (χ0) is 10.2. The number of aryl methyl sites for hydroxylation is 2. The van der Waals surface area contributed by atoms with Crippen molar-refractivity contribution in [2.75, 3.05) is 0 Å². The summed E-state index contributed by atoms with van der Waals surface area (Å²) < 4.78 is 0. The Morgan fingerprint density at radius 1 is 1.00 bits per heavy atom. The summed E-state index contributed by atoms with van der Waals surface area (Å²) >= 11 is 0. The first-order chi connectivity index (χ1) is 6.97. The van der Waals surface area contributed by atoms with Crippen molar-refractivity contribution >= 4 is 0 Å². The summed E-state index contributed by atoms with van der Waals surface area (Å²) in [5.74, 6) is 0. The highest BCUT2D eigenvalue weighted by atomic mass is 14.7. The van der Waals surface area contributed by atoms with E-state index in [1.54, 1.807) is 0 Å². The quantitative estimate of drug-likeness (QED) is 0.608. The Hall–Kier alpha value is -0.850. The molecule has 0 aliphatic heterocycles. The zero-order valence-corrected chi connectivity index (χ0v) is 9.42. The van der Waals surface area contributed by atoms with Crippen molar-refractivity contribution in [2.45, 2.75) is 52.4 Å². The largest absolute Gasteiger partial charge is 0.261 e. The Bertz CT molecular complexity index is 228. The first-order valence-electron chi connectivity index (χ1n) is 5.89. The van der Waals surface area contributed by atoms with E-state index < -0.39 is 0 Å². The maximum atomic E-state index is 4.42. The third-order valence-corrected chi connectivity index (χ3v) is 2.59. The lowest BCUT2D eigenvalue weighted by molar-refractivity contribution is 0.609. The molecular formula is C13H21N. The Labute approximate surface area is 87.6 Å². The molecule has 78 valence electrons. The lowest BCUT2D eigenvalue weighted by Crippen LogP contribution is -2.01. The van der Waals surface area contributed by atoms with Crippen LogP contribution in [-0.2, 0) is 12.8 Å². The molecule has 0 saturated carbocycles. The summed E-state index contributed by atoms with van der Waals surface area (Å²) in [4.78, 5) is 4.42. The van der Waals surface area contributed by atoms with Crippen molar-refractivity contribution in [3.8, 4) is 0 Å². The standard InChI is InChI=1S/C11H15N.C2H6/c1-2-4-8-11-10(6-3-1)7-5-9-12-11;1-2/h5,7,9H,1-4,6,8H2;1-2H3. The number of hydrogen-bond acceptors (Lipinski definition) is 1. The molecule has 0 aromatic carbocycles. The molecule has 0 bridgehead atoms. The van der Waals surface area contributed by atoms with Gasteiger partial charge in [-0.2, -0.15) is 0 Å². The van der Waals surface area contributed by atoms with Gasteiger partial charge >= 0.3 is 0 Å². The molecule has 2 rings (SSSR count). The molecule has 1 heterocycles. The van der Waals surface area contributed by atoms with Crippen LogP contribution in [0.5, 0.6) is 0 Å². The van der Waals surface area contributed by atoms with Crippen LogP contribution in [0.3, 0.4) is 0 Å². The van der Waals surface area contributed by atoms with Gasteiger partial charge in [0.2, 0.25) is 0 Å². The number of rotatable bonds is 0. The van der Waals surface area contributed by atoms with Crippen LogP contribution in [0.2, 0.25) is 0 Å². The van der Waals surface area contributed by atoms with E-state index in [0.717, 1.165) is 0 Å². The summed E-state index contributed by atoms with van der Waals surface area (Å²) in [5, 5.41) is 0. The predicted molar refractivity (Wildman–Crippen MR) is 61.5 cm³/mol. The minimum atomic E-state index is 1.19. The highest BCUT2D eigenvalue weighted by molar-refractivity contribution is 5.20. The van der Waals surface area contributed by atoms with E-state index in [-0.39, 0.29) is 0 Å². The molecule has 0 radical (unpaired) electrons. The van der Waals surface area contributed by atoms with Gasteiger partial charge in [-0.05, 0) is 37.3 Å². The molecule has 0 fully saturated rings. The van der Waals surface area contributed by atoms with Crippen LogP contribution in [0.1, 0.15) is 50.8 Å². The van der Waals surface area contributed by atoms with E-state index in [4.69, 9.17) is 0 Å². The molecular weight excluding hydrogens is 170 g/mol. The van der Waals surface area contributed by atoms with E-state index in [9.17, 15) is 0 Å². The Morgan fingerprint density at radius 3 is 2.50 bits per heavy atom. The number of fused-ring (bicyclic) bond motifs is 1. The molecule has 1 aliphatic rings. The number of pyridine rings is 1. The van der Waals surface area contributed by atoms with Crippen LogP contribution in [0, 0.1) is 0 Å². The van der Waals surface area contributed by atoms with E-state index in [1.165, 1.54) is 49.8 Å². The van der Waals surface area contributed by atoms with E-state index in [1.807, 2.05) is 20.0 Å². The Balaban J connectivity index is 0.000000461. The summed E-state index contributed by atoms with van der Waals surface area (Å²) in [6.45, 7) is 4.00. The second-order valence-electron chi connectivity index (χ2n) is 3.52. The van der Waals surface area contributed by atoms with Gasteiger partial charge in [0.25, 0.3) is 0 Å². The fraction of sp³-hybridized carbons (Fsp3) is 0.615.